The van der Waals surface area contributed by atoms with E-state index >= 15 is 0 Å². The van der Waals surface area contributed by atoms with Gasteiger partial charge in [-0.05, 0) is 31.0 Å². The number of aromatic nitrogens is 2. The van der Waals surface area contributed by atoms with Crippen molar-refractivity contribution in [2.75, 3.05) is 10.7 Å². The third-order valence-corrected chi connectivity index (χ3v) is 2.95. The van der Waals surface area contributed by atoms with E-state index in [4.69, 9.17) is 5.84 Å². The summed E-state index contributed by atoms with van der Waals surface area (Å²) >= 11 is 0. The molecule has 1 aromatic carbocycles. The minimum Gasteiger partial charge on any atom is -0.334 e. The van der Waals surface area contributed by atoms with Crippen molar-refractivity contribution >= 4 is 23.1 Å². The molecule has 0 aliphatic rings. The third kappa shape index (κ3) is 2.64. The van der Waals surface area contributed by atoms with Crippen LogP contribution in [0.4, 0.5) is 23.1 Å². The Hall–Kier alpha value is -2.74. The number of rotatable bonds is 4. The molecule has 20 heavy (non-hydrogen) atoms. The molecule has 8 nitrogen and oxygen atoms in total. The molecule has 8 heteroatoms. The number of aryl methyl sites for hydroxylation is 1. The fraction of sp³-hybridized carbons (Fsp3) is 0.167. The van der Waals surface area contributed by atoms with Crippen molar-refractivity contribution < 1.29 is 4.92 Å². The van der Waals surface area contributed by atoms with E-state index in [0.717, 1.165) is 23.0 Å². The molecule has 0 aliphatic heterocycles. The fourth-order valence-electron chi connectivity index (χ4n) is 1.68. The molecule has 4 N–H and O–H groups in total. The van der Waals surface area contributed by atoms with Crippen LogP contribution in [0.2, 0.25) is 0 Å². The lowest BCUT2D eigenvalue weighted by Gasteiger charge is -2.11. The van der Waals surface area contributed by atoms with Gasteiger partial charge in [-0.3, -0.25) is 15.5 Å². The number of nitrogens with zero attached hydrogens (tertiary/aromatic N) is 3. The highest BCUT2D eigenvalue weighted by Gasteiger charge is 2.18. The Kier molecular flexibility index (Phi) is 3.76. The highest BCUT2D eigenvalue weighted by Crippen LogP contribution is 2.28. The zero-order chi connectivity index (χ0) is 14.7. The number of hydrazine groups is 1. The number of anilines is 3. The molecular weight excluding hydrogens is 260 g/mol. The molecule has 0 spiro atoms. The molecule has 0 atom stereocenters. The molecule has 2 aromatic rings. The first-order valence-electron chi connectivity index (χ1n) is 5.84. The number of nitro groups is 1. The van der Waals surface area contributed by atoms with Crippen LogP contribution in [0.25, 0.3) is 0 Å². The molecule has 1 aromatic heterocycles. The van der Waals surface area contributed by atoms with Crippen LogP contribution >= 0.6 is 0 Å². The summed E-state index contributed by atoms with van der Waals surface area (Å²) in [5.74, 6) is 5.41. The van der Waals surface area contributed by atoms with Crippen molar-refractivity contribution in [1.82, 2.24) is 9.97 Å². The molecule has 0 saturated heterocycles. The number of hydrogen-bond donors (Lipinski definition) is 3. The zero-order valence-electron chi connectivity index (χ0n) is 11.0. The maximum absolute atomic E-state index is 11.0. The summed E-state index contributed by atoms with van der Waals surface area (Å²) in [6.07, 6.45) is 1.11. The van der Waals surface area contributed by atoms with Gasteiger partial charge in [0.25, 0.3) is 0 Å². The van der Waals surface area contributed by atoms with Crippen LogP contribution in [0.15, 0.2) is 24.4 Å². The topological polar surface area (TPSA) is 119 Å². The second-order valence-corrected chi connectivity index (χ2v) is 4.20. The molecule has 0 radical (unpaired) electrons. The molecule has 0 unspecified atom stereocenters. The van der Waals surface area contributed by atoms with Gasteiger partial charge < -0.3 is 5.32 Å². The summed E-state index contributed by atoms with van der Waals surface area (Å²) in [4.78, 5) is 18.2. The number of nitrogens with two attached hydrogens (primary N) is 1. The largest absolute Gasteiger partial charge is 0.334 e. The number of nitrogens with one attached hydrogen (secondary N) is 2. The van der Waals surface area contributed by atoms with E-state index < -0.39 is 4.92 Å². The lowest BCUT2D eigenvalue weighted by molar-refractivity contribution is -0.384. The average molecular weight is 274 g/mol. The van der Waals surface area contributed by atoms with Gasteiger partial charge in [0.15, 0.2) is 0 Å². The molecular formula is C12H14N6O2. The van der Waals surface area contributed by atoms with Crippen LogP contribution in [0, 0.1) is 24.0 Å². The maximum Gasteiger partial charge on any atom is 0.329 e. The van der Waals surface area contributed by atoms with Crippen LogP contribution in [0.5, 0.6) is 0 Å². The van der Waals surface area contributed by atoms with Crippen molar-refractivity contribution in [3.8, 4) is 0 Å². The second-order valence-electron chi connectivity index (χ2n) is 4.20. The first kappa shape index (κ1) is 13.7. The molecule has 0 aliphatic carbocycles. The van der Waals surface area contributed by atoms with Crippen LogP contribution in [-0.2, 0) is 0 Å². The highest BCUT2D eigenvalue weighted by molar-refractivity contribution is 5.68. The lowest BCUT2D eigenvalue weighted by Crippen LogP contribution is -2.12. The van der Waals surface area contributed by atoms with E-state index in [0.29, 0.717) is 0 Å². The Labute approximate surface area is 115 Å². The summed E-state index contributed by atoms with van der Waals surface area (Å²) in [7, 11) is 0. The Morgan fingerprint density at radius 2 is 2.10 bits per heavy atom. The van der Waals surface area contributed by atoms with Crippen LogP contribution in [0.3, 0.4) is 0 Å². The normalized spacial score (nSPS) is 10.2. The predicted molar refractivity (Wildman–Crippen MR) is 75.7 cm³/mol. The van der Waals surface area contributed by atoms with E-state index in [1.54, 1.807) is 0 Å². The van der Waals surface area contributed by atoms with Crippen molar-refractivity contribution in [1.29, 1.82) is 0 Å². The summed E-state index contributed by atoms with van der Waals surface area (Å²) < 4.78 is 0. The Morgan fingerprint density at radius 1 is 1.35 bits per heavy atom. The fourth-order valence-corrected chi connectivity index (χ4v) is 1.68. The van der Waals surface area contributed by atoms with E-state index in [9.17, 15) is 10.1 Å². The van der Waals surface area contributed by atoms with Gasteiger partial charge in [0, 0.05) is 5.69 Å². The van der Waals surface area contributed by atoms with E-state index in [2.05, 4.69) is 20.7 Å². The quantitative estimate of drug-likeness (QED) is 0.443. The molecule has 2 rings (SSSR count). The lowest BCUT2D eigenvalue weighted by atomic mass is 10.1. The minimum absolute atomic E-state index is 0.0895. The maximum atomic E-state index is 11.0. The van der Waals surface area contributed by atoms with Crippen molar-refractivity contribution in [2.45, 2.75) is 13.8 Å². The Morgan fingerprint density at radius 3 is 2.75 bits per heavy atom. The smallest absolute Gasteiger partial charge is 0.329 e. The van der Waals surface area contributed by atoms with E-state index in [1.165, 1.54) is 0 Å². The molecule has 0 fully saturated rings. The summed E-state index contributed by atoms with van der Waals surface area (Å²) in [5.41, 5.74) is 4.85. The number of benzene rings is 1. The van der Waals surface area contributed by atoms with E-state index in [1.807, 2.05) is 32.0 Å². The summed E-state index contributed by atoms with van der Waals surface area (Å²) in [5, 5.41) is 13.9. The second kappa shape index (κ2) is 5.49. The summed E-state index contributed by atoms with van der Waals surface area (Å²) in [6.45, 7) is 3.88. The van der Waals surface area contributed by atoms with Gasteiger partial charge in [-0.1, -0.05) is 12.1 Å². The summed E-state index contributed by atoms with van der Waals surface area (Å²) in [6, 6.07) is 5.64. The van der Waals surface area contributed by atoms with E-state index in [-0.39, 0.29) is 17.5 Å². The van der Waals surface area contributed by atoms with Crippen molar-refractivity contribution in [2.24, 2.45) is 5.84 Å². The Balaban J connectivity index is 2.46. The van der Waals surface area contributed by atoms with Crippen molar-refractivity contribution in [3.63, 3.8) is 0 Å². The standard InChI is InChI=1S/C12H14N6O2/c1-7-4-3-5-9(8(7)2)15-11-10(18(19)20)6-14-12(16-11)17-13/h3-6H,13H2,1-2H3,(H2,14,15,16,17). The van der Waals surface area contributed by atoms with Gasteiger partial charge in [0.2, 0.25) is 11.8 Å². The van der Waals surface area contributed by atoms with Crippen LogP contribution < -0.4 is 16.6 Å². The van der Waals surface area contributed by atoms with Crippen molar-refractivity contribution in [3.05, 3.63) is 45.6 Å². The first-order valence-corrected chi connectivity index (χ1v) is 5.84. The SMILES string of the molecule is Cc1cccc(Nc2nc(NN)ncc2[N+](=O)[O-])c1C. The molecule has 0 amide bonds. The van der Waals surface area contributed by atoms with Gasteiger partial charge in [0.05, 0.1) is 4.92 Å². The first-order chi connectivity index (χ1) is 9.52. The van der Waals surface area contributed by atoms with Gasteiger partial charge >= 0.3 is 5.69 Å². The molecule has 0 saturated carbocycles. The van der Waals surface area contributed by atoms with Gasteiger partial charge in [0.1, 0.15) is 6.20 Å². The van der Waals surface area contributed by atoms with Crippen LogP contribution in [0.1, 0.15) is 11.1 Å². The number of nitrogen functional groups attached to an aromatic ring is 1. The number of hydrogen-bond acceptors (Lipinski definition) is 7. The molecule has 0 bridgehead atoms. The predicted octanol–water partition coefficient (Wildman–Crippen LogP) is 2.03. The van der Waals surface area contributed by atoms with Gasteiger partial charge in [-0.2, -0.15) is 4.98 Å². The van der Waals surface area contributed by atoms with Gasteiger partial charge in [-0.15, -0.1) is 0 Å². The highest BCUT2D eigenvalue weighted by atomic mass is 16.6. The average Bonchev–Trinajstić information content (AvgIpc) is 2.43. The van der Waals surface area contributed by atoms with Gasteiger partial charge in [-0.25, -0.2) is 10.8 Å². The molecule has 1 heterocycles. The Bertz CT molecular complexity index is 658. The zero-order valence-corrected chi connectivity index (χ0v) is 11.0. The minimum atomic E-state index is -0.548. The molecule has 104 valence electrons. The monoisotopic (exact) mass is 274 g/mol. The van der Waals surface area contributed by atoms with Crippen LogP contribution in [-0.4, -0.2) is 14.9 Å². The third-order valence-electron chi connectivity index (χ3n) is 2.95.